The molecule has 2 N–H and O–H groups in total. The Balaban J connectivity index is 1.63. The maximum atomic E-state index is 12.5. The first kappa shape index (κ1) is 15.6. The molecule has 20 heavy (non-hydrogen) atoms. The number of hydrogen-bond donors (Lipinski definition) is 2. The third-order valence-electron chi connectivity index (χ3n) is 4.50. The van der Waals surface area contributed by atoms with Crippen LogP contribution in [0.5, 0.6) is 0 Å². The van der Waals surface area contributed by atoms with Crippen molar-refractivity contribution >= 4 is 5.91 Å². The van der Waals surface area contributed by atoms with E-state index >= 15 is 0 Å². The summed E-state index contributed by atoms with van der Waals surface area (Å²) in [6.07, 6.45) is -0.430. The Labute approximate surface area is 117 Å². The largest absolute Gasteiger partial charge is 0.391 e. The smallest absolute Gasteiger partial charge is 0.353 e. The number of alkyl halides is 3. The average molecular weight is 292 g/mol. The van der Waals surface area contributed by atoms with Gasteiger partial charge in [-0.2, -0.15) is 13.2 Å². The lowest BCUT2D eigenvalue weighted by Crippen LogP contribution is -2.40. The molecule has 0 aromatic heterocycles. The number of carbonyl (C=O) groups is 1. The Morgan fingerprint density at radius 3 is 2.40 bits per heavy atom. The fraction of sp³-hybridized carbons (Fsp3) is 0.929. The summed E-state index contributed by atoms with van der Waals surface area (Å²) in [6, 6.07) is -0.0668. The highest BCUT2D eigenvalue weighted by Gasteiger charge is 2.41. The number of hydrogen-bond acceptors (Lipinski definition) is 2. The molecule has 2 rings (SSSR count). The van der Waals surface area contributed by atoms with Crippen LogP contribution >= 0.6 is 0 Å². The second-order valence-electron chi connectivity index (χ2n) is 6.06. The van der Waals surface area contributed by atoms with Crippen molar-refractivity contribution in [3.8, 4) is 0 Å². The van der Waals surface area contributed by atoms with Gasteiger partial charge in [0.2, 0.25) is 5.91 Å². The molecule has 0 bridgehead atoms. The third kappa shape index (κ3) is 4.65. The lowest BCUT2D eigenvalue weighted by Gasteiger charge is -2.30. The van der Waals surface area contributed by atoms with Crippen molar-refractivity contribution in [3.05, 3.63) is 0 Å². The molecule has 1 amide bonds. The van der Waals surface area contributed by atoms with E-state index in [9.17, 15) is 18.0 Å². The van der Waals surface area contributed by atoms with Crippen molar-refractivity contribution in [2.24, 2.45) is 11.8 Å². The Hall–Kier alpha value is -0.780. The Morgan fingerprint density at radius 1 is 1.15 bits per heavy atom. The lowest BCUT2D eigenvalue weighted by atomic mass is 9.85. The predicted octanol–water partition coefficient (Wildman–Crippen LogP) is 2.61. The summed E-state index contributed by atoms with van der Waals surface area (Å²) >= 11 is 0. The van der Waals surface area contributed by atoms with Gasteiger partial charge in [-0.05, 0) is 57.5 Å². The van der Waals surface area contributed by atoms with Gasteiger partial charge in [-0.1, -0.05) is 0 Å². The van der Waals surface area contributed by atoms with E-state index in [1.54, 1.807) is 0 Å². The summed E-state index contributed by atoms with van der Waals surface area (Å²) in [5.74, 6) is -0.616. The second kappa shape index (κ2) is 6.78. The molecule has 0 radical (unpaired) electrons. The standard InChI is InChI=1S/C14H23F3N2O/c15-14(16,17)11-2-4-12(5-3-11)19-13(20)6-1-10-7-8-18-9-10/h10-12,18H,1-9H2,(H,19,20). The molecule has 1 unspecified atom stereocenters. The van der Waals surface area contributed by atoms with E-state index in [1.807, 2.05) is 0 Å². The van der Waals surface area contributed by atoms with E-state index in [-0.39, 0.29) is 24.8 Å². The Morgan fingerprint density at radius 2 is 1.85 bits per heavy atom. The van der Waals surface area contributed by atoms with Crippen LogP contribution in [0.1, 0.15) is 44.9 Å². The number of rotatable bonds is 4. The van der Waals surface area contributed by atoms with Crippen molar-refractivity contribution in [3.63, 3.8) is 0 Å². The van der Waals surface area contributed by atoms with Gasteiger partial charge in [0.1, 0.15) is 0 Å². The van der Waals surface area contributed by atoms with Crippen LogP contribution in [0.25, 0.3) is 0 Å². The molecule has 3 nitrogen and oxygen atoms in total. The summed E-state index contributed by atoms with van der Waals surface area (Å²) in [5, 5.41) is 6.15. The molecule has 2 aliphatic rings. The average Bonchev–Trinajstić information content (AvgIpc) is 2.89. The Kier molecular flexibility index (Phi) is 5.29. The molecule has 1 atom stereocenters. The second-order valence-corrected chi connectivity index (χ2v) is 6.06. The van der Waals surface area contributed by atoms with Crippen LogP contribution in [0.15, 0.2) is 0 Å². The maximum absolute atomic E-state index is 12.5. The third-order valence-corrected chi connectivity index (χ3v) is 4.50. The Bertz CT molecular complexity index is 319. The maximum Gasteiger partial charge on any atom is 0.391 e. The zero-order valence-electron chi connectivity index (χ0n) is 11.6. The first-order chi connectivity index (χ1) is 9.45. The summed E-state index contributed by atoms with van der Waals surface area (Å²) in [4.78, 5) is 11.8. The summed E-state index contributed by atoms with van der Waals surface area (Å²) in [7, 11) is 0. The number of halogens is 3. The van der Waals surface area contributed by atoms with E-state index in [0.29, 0.717) is 25.2 Å². The topological polar surface area (TPSA) is 41.1 Å². The minimum atomic E-state index is -4.08. The van der Waals surface area contributed by atoms with Gasteiger partial charge in [0.15, 0.2) is 0 Å². The SMILES string of the molecule is O=C(CCC1CCNC1)NC1CCC(C(F)(F)F)CC1. The van der Waals surface area contributed by atoms with Crippen LogP contribution in [-0.2, 0) is 4.79 Å². The zero-order chi connectivity index (χ0) is 14.6. The molecule has 6 heteroatoms. The van der Waals surface area contributed by atoms with Crippen LogP contribution in [0, 0.1) is 11.8 Å². The highest BCUT2D eigenvalue weighted by atomic mass is 19.4. The highest BCUT2D eigenvalue weighted by Crippen LogP contribution is 2.37. The van der Waals surface area contributed by atoms with Crippen molar-refractivity contribution in [1.82, 2.24) is 10.6 Å². The van der Waals surface area contributed by atoms with Gasteiger partial charge >= 0.3 is 6.18 Å². The highest BCUT2D eigenvalue weighted by molar-refractivity contribution is 5.76. The first-order valence-corrected chi connectivity index (χ1v) is 7.52. The van der Waals surface area contributed by atoms with Crippen LogP contribution in [-0.4, -0.2) is 31.2 Å². The van der Waals surface area contributed by atoms with Gasteiger partial charge in [-0.3, -0.25) is 4.79 Å². The van der Waals surface area contributed by atoms with Crippen molar-refractivity contribution in [2.45, 2.75) is 57.2 Å². The van der Waals surface area contributed by atoms with Gasteiger partial charge in [0.05, 0.1) is 5.92 Å². The molecule has 1 heterocycles. The normalized spacial score (nSPS) is 31.2. The van der Waals surface area contributed by atoms with Crippen molar-refractivity contribution in [1.29, 1.82) is 0 Å². The molecule has 0 aromatic carbocycles. The van der Waals surface area contributed by atoms with Crippen LogP contribution < -0.4 is 10.6 Å². The molecule has 0 spiro atoms. The molecule has 1 saturated carbocycles. The molecule has 1 saturated heterocycles. The van der Waals surface area contributed by atoms with Crippen LogP contribution in [0.2, 0.25) is 0 Å². The van der Waals surface area contributed by atoms with Gasteiger partial charge in [0.25, 0.3) is 0 Å². The molecule has 2 fully saturated rings. The fourth-order valence-corrected chi connectivity index (χ4v) is 3.16. The fourth-order valence-electron chi connectivity index (χ4n) is 3.16. The minimum Gasteiger partial charge on any atom is -0.353 e. The van der Waals surface area contributed by atoms with E-state index in [0.717, 1.165) is 25.9 Å². The molecular weight excluding hydrogens is 269 g/mol. The lowest BCUT2D eigenvalue weighted by molar-refractivity contribution is -0.182. The summed E-state index contributed by atoms with van der Waals surface area (Å²) in [6.45, 7) is 2.00. The summed E-state index contributed by atoms with van der Waals surface area (Å²) in [5.41, 5.74) is 0. The minimum absolute atomic E-state index is 0.00708. The van der Waals surface area contributed by atoms with E-state index in [1.165, 1.54) is 0 Å². The van der Waals surface area contributed by atoms with Gasteiger partial charge < -0.3 is 10.6 Å². The van der Waals surface area contributed by atoms with Gasteiger partial charge in [0, 0.05) is 12.5 Å². The van der Waals surface area contributed by atoms with Crippen molar-refractivity contribution in [2.75, 3.05) is 13.1 Å². The van der Waals surface area contributed by atoms with Gasteiger partial charge in [-0.15, -0.1) is 0 Å². The van der Waals surface area contributed by atoms with Crippen LogP contribution in [0.4, 0.5) is 13.2 Å². The molecule has 116 valence electrons. The first-order valence-electron chi connectivity index (χ1n) is 7.52. The summed E-state index contributed by atoms with van der Waals surface area (Å²) < 4.78 is 37.6. The monoisotopic (exact) mass is 292 g/mol. The van der Waals surface area contributed by atoms with E-state index in [4.69, 9.17) is 0 Å². The molecular formula is C14H23F3N2O. The number of nitrogens with one attached hydrogen (secondary N) is 2. The molecule has 1 aliphatic carbocycles. The van der Waals surface area contributed by atoms with E-state index in [2.05, 4.69) is 10.6 Å². The van der Waals surface area contributed by atoms with Crippen molar-refractivity contribution < 1.29 is 18.0 Å². The quantitative estimate of drug-likeness (QED) is 0.836. The molecule has 1 aliphatic heterocycles. The van der Waals surface area contributed by atoms with Crippen LogP contribution in [0.3, 0.4) is 0 Å². The zero-order valence-corrected chi connectivity index (χ0v) is 11.6. The van der Waals surface area contributed by atoms with Gasteiger partial charge in [-0.25, -0.2) is 0 Å². The van der Waals surface area contributed by atoms with E-state index < -0.39 is 12.1 Å². The molecule has 0 aromatic rings. The number of carbonyl (C=O) groups excluding carboxylic acids is 1. The number of amides is 1. The predicted molar refractivity (Wildman–Crippen MR) is 70.2 cm³/mol.